The number of nitrogens with zero attached hydrogens (tertiary/aromatic N) is 7. The maximum absolute atomic E-state index is 9.04. The van der Waals surface area contributed by atoms with Crippen LogP contribution in [0.1, 0.15) is 18.1 Å². The van der Waals surface area contributed by atoms with Gasteiger partial charge in [-0.2, -0.15) is 9.78 Å². The molecule has 126 valence electrons. The minimum absolute atomic E-state index is 0.356. The number of nitriles is 1. The van der Waals surface area contributed by atoms with Crippen LogP contribution in [0, 0.1) is 11.3 Å². The molecule has 7 nitrogen and oxygen atoms in total. The summed E-state index contributed by atoms with van der Waals surface area (Å²) in [6.07, 6.45) is 1.63. The molecule has 1 fully saturated rings. The van der Waals surface area contributed by atoms with Crippen molar-refractivity contribution in [3.63, 3.8) is 0 Å². The Morgan fingerprint density at radius 3 is 3.00 bits per heavy atom. The smallest absolute Gasteiger partial charge is 0.177 e. The molecule has 0 unspecified atom stereocenters. The number of rotatable bonds is 3. The van der Waals surface area contributed by atoms with Crippen molar-refractivity contribution in [3.8, 4) is 6.07 Å². The molecule has 25 heavy (non-hydrogen) atoms. The summed E-state index contributed by atoms with van der Waals surface area (Å²) in [5.74, 6) is 0.950. The highest BCUT2D eigenvalue weighted by molar-refractivity contribution is 5.46. The van der Waals surface area contributed by atoms with Crippen molar-refractivity contribution < 1.29 is 0 Å². The van der Waals surface area contributed by atoms with Gasteiger partial charge in [0, 0.05) is 32.2 Å². The topological polar surface area (TPSA) is 73.4 Å². The summed E-state index contributed by atoms with van der Waals surface area (Å²) < 4.78 is 1.71. The maximum atomic E-state index is 9.04. The molecule has 1 aliphatic rings. The van der Waals surface area contributed by atoms with Crippen molar-refractivity contribution in [2.24, 2.45) is 0 Å². The Bertz CT molecular complexity index is 926. The van der Waals surface area contributed by atoms with Crippen LogP contribution in [0.5, 0.6) is 0 Å². The zero-order chi connectivity index (χ0) is 17.2. The van der Waals surface area contributed by atoms with E-state index in [9.17, 15) is 0 Å². The summed E-state index contributed by atoms with van der Waals surface area (Å²) in [5, 5.41) is 21.5. The second-order valence-electron chi connectivity index (χ2n) is 6.41. The van der Waals surface area contributed by atoms with Gasteiger partial charge in [-0.15, -0.1) is 15.3 Å². The first-order valence-electron chi connectivity index (χ1n) is 8.38. The summed E-state index contributed by atoms with van der Waals surface area (Å²) >= 11 is 0. The zero-order valence-electron chi connectivity index (χ0n) is 14.1. The van der Waals surface area contributed by atoms with E-state index in [1.165, 1.54) is 5.56 Å². The van der Waals surface area contributed by atoms with Crippen molar-refractivity contribution in [1.82, 2.24) is 24.7 Å². The Morgan fingerprint density at radius 2 is 2.16 bits per heavy atom. The van der Waals surface area contributed by atoms with E-state index in [2.05, 4.69) is 44.2 Å². The Labute approximate surface area is 146 Å². The summed E-state index contributed by atoms with van der Waals surface area (Å²) in [6, 6.07) is 14.4. The van der Waals surface area contributed by atoms with E-state index in [1.807, 2.05) is 30.3 Å². The standard InChI is InChI=1S/C18H19N7/c1-14-11-23(12-16-4-2-3-15(9-16)10-19)7-8-24(14)18-6-5-17-21-20-13-25(17)22-18/h2-6,9,13-14H,7-8,11-12H2,1H3/t14-/m1/s1. The fraction of sp³-hybridized carbons (Fsp3) is 0.333. The molecule has 1 atom stereocenters. The second-order valence-corrected chi connectivity index (χ2v) is 6.41. The molecule has 3 aromatic rings. The van der Waals surface area contributed by atoms with Gasteiger partial charge >= 0.3 is 0 Å². The lowest BCUT2D eigenvalue weighted by molar-refractivity contribution is 0.220. The number of hydrogen-bond donors (Lipinski definition) is 0. The molecular formula is C18H19N7. The highest BCUT2D eigenvalue weighted by Gasteiger charge is 2.25. The average molecular weight is 333 g/mol. The largest absolute Gasteiger partial charge is 0.350 e. The molecule has 2 aromatic heterocycles. The Kier molecular flexibility index (Phi) is 4.04. The highest BCUT2D eigenvalue weighted by Crippen LogP contribution is 2.20. The lowest BCUT2D eigenvalue weighted by Crippen LogP contribution is -2.52. The van der Waals surface area contributed by atoms with Crippen LogP contribution in [0.25, 0.3) is 5.65 Å². The summed E-state index contributed by atoms with van der Waals surface area (Å²) in [4.78, 5) is 4.75. The minimum Gasteiger partial charge on any atom is -0.350 e. The Morgan fingerprint density at radius 1 is 1.24 bits per heavy atom. The highest BCUT2D eigenvalue weighted by atomic mass is 15.4. The van der Waals surface area contributed by atoms with E-state index in [1.54, 1.807) is 10.8 Å². The summed E-state index contributed by atoms with van der Waals surface area (Å²) in [6.45, 7) is 5.92. The van der Waals surface area contributed by atoms with Crippen LogP contribution in [0.15, 0.2) is 42.7 Å². The molecule has 3 heterocycles. The number of benzene rings is 1. The van der Waals surface area contributed by atoms with Crippen molar-refractivity contribution >= 4 is 11.5 Å². The van der Waals surface area contributed by atoms with Crippen molar-refractivity contribution in [1.29, 1.82) is 5.26 Å². The number of hydrogen-bond acceptors (Lipinski definition) is 6. The normalized spacial score (nSPS) is 18.4. The molecule has 0 bridgehead atoms. The van der Waals surface area contributed by atoms with Gasteiger partial charge in [0.2, 0.25) is 0 Å². The van der Waals surface area contributed by atoms with Gasteiger partial charge in [0.15, 0.2) is 5.65 Å². The van der Waals surface area contributed by atoms with E-state index in [0.29, 0.717) is 6.04 Å². The van der Waals surface area contributed by atoms with Crippen molar-refractivity contribution in [2.45, 2.75) is 19.5 Å². The molecule has 0 aliphatic carbocycles. The average Bonchev–Trinajstić information content (AvgIpc) is 3.10. The molecular weight excluding hydrogens is 314 g/mol. The number of aromatic nitrogens is 4. The van der Waals surface area contributed by atoms with Gasteiger partial charge in [0.25, 0.3) is 0 Å². The first-order valence-corrected chi connectivity index (χ1v) is 8.38. The fourth-order valence-corrected chi connectivity index (χ4v) is 3.39. The maximum Gasteiger partial charge on any atom is 0.177 e. The van der Waals surface area contributed by atoms with Crippen LogP contribution in [-0.2, 0) is 6.54 Å². The number of piperazine rings is 1. The van der Waals surface area contributed by atoms with Gasteiger partial charge in [-0.3, -0.25) is 4.90 Å². The van der Waals surface area contributed by atoms with E-state index < -0.39 is 0 Å². The first kappa shape index (κ1) is 15.5. The van der Waals surface area contributed by atoms with Crippen LogP contribution in [-0.4, -0.2) is 50.4 Å². The lowest BCUT2D eigenvalue weighted by Gasteiger charge is -2.40. The molecule has 4 rings (SSSR count). The molecule has 0 amide bonds. The third-order valence-corrected chi connectivity index (χ3v) is 4.62. The predicted octanol–water partition coefficient (Wildman–Crippen LogP) is 1.71. The quantitative estimate of drug-likeness (QED) is 0.726. The number of fused-ring (bicyclic) bond motifs is 1. The zero-order valence-corrected chi connectivity index (χ0v) is 14.1. The van der Waals surface area contributed by atoms with E-state index in [4.69, 9.17) is 5.26 Å². The first-order chi connectivity index (χ1) is 12.2. The van der Waals surface area contributed by atoms with Gasteiger partial charge in [0.05, 0.1) is 11.6 Å². The van der Waals surface area contributed by atoms with Gasteiger partial charge in [-0.05, 0) is 36.8 Å². The van der Waals surface area contributed by atoms with E-state index >= 15 is 0 Å². The Hall–Kier alpha value is -2.98. The molecule has 0 saturated carbocycles. The summed E-state index contributed by atoms with van der Waals surface area (Å²) in [7, 11) is 0. The third kappa shape index (κ3) is 3.16. The van der Waals surface area contributed by atoms with E-state index in [-0.39, 0.29) is 0 Å². The van der Waals surface area contributed by atoms with Crippen LogP contribution in [0.2, 0.25) is 0 Å². The van der Waals surface area contributed by atoms with Crippen LogP contribution < -0.4 is 4.90 Å². The lowest BCUT2D eigenvalue weighted by atomic mass is 10.1. The number of anilines is 1. The van der Waals surface area contributed by atoms with Crippen LogP contribution in [0.4, 0.5) is 5.82 Å². The molecule has 0 radical (unpaired) electrons. The third-order valence-electron chi connectivity index (χ3n) is 4.62. The van der Waals surface area contributed by atoms with E-state index in [0.717, 1.165) is 43.2 Å². The molecule has 0 spiro atoms. The van der Waals surface area contributed by atoms with Crippen LogP contribution in [0.3, 0.4) is 0 Å². The van der Waals surface area contributed by atoms with Gasteiger partial charge in [-0.1, -0.05) is 12.1 Å². The molecule has 7 heteroatoms. The second kappa shape index (κ2) is 6.49. The fourth-order valence-electron chi connectivity index (χ4n) is 3.39. The van der Waals surface area contributed by atoms with Gasteiger partial charge in [0.1, 0.15) is 12.1 Å². The van der Waals surface area contributed by atoms with Crippen molar-refractivity contribution in [3.05, 3.63) is 53.9 Å². The molecule has 0 N–H and O–H groups in total. The predicted molar refractivity (Wildman–Crippen MR) is 94.0 cm³/mol. The summed E-state index contributed by atoms with van der Waals surface area (Å²) in [5.41, 5.74) is 2.66. The van der Waals surface area contributed by atoms with Crippen molar-refractivity contribution in [2.75, 3.05) is 24.5 Å². The molecule has 1 aliphatic heterocycles. The molecule has 1 aromatic carbocycles. The van der Waals surface area contributed by atoms with Gasteiger partial charge < -0.3 is 4.90 Å². The molecule has 1 saturated heterocycles. The monoisotopic (exact) mass is 333 g/mol. The minimum atomic E-state index is 0.356. The van der Waals surface area contributed by atoms with Gasteiger partial charge in [-0.25, -0.2) is 0 Å². The Balaban J connectivity index is 1.45. The van der Waals surface area contributed by atoms with Crippen LogP contribution >= 0.6 is 0 Å². The SMILES string of the molecule is C[C@@H]1CN(Cc2cccc(C#N)c2)CCN1c1ccc2nncn2n1.